The summed E-state index contributed by atoms with van der Waals surface area (Å²) in [4.78, 5) is 13.1. The molecule has 0 fully saturated rings. The van der Waals surface area contributed by atoms with Gasteiger partial charge in [0, 0.05) is 10.9 Å². The van der Waals surface area contributed by atoms with Gasteiger partial charge in [-0.25, -0.2) is 4.79 Å². The molecule has 0 aromatic heterocycles. The van der Waals surface area contributed by atoms with Gasteiger partial charge in [0.1, 0.15) is 6.07 Å². The molecule has 0 radical (unpaired) electrons. The van der Waals surface area contributed by atoms with Crippen molar-refractivity contribution in [3.8, 4) is 12.1 Å². The molecule has 2 aliphatic carbocycles. The molecule has 0 spiro atoms. The van der Waals surface area contributed by atoms with E-state index in [4.69, 9.17) is 22.1 Å². The first-order chi connectivity index (χ1) is 13.0. The Morgan fingerprint density at radius 3 is 2.78 bits per heavy atom. The summed E-state index contributed by atoms with van der Waals surface area (Å²) >= 11 is 6.47. The van der Waals surface area contributed by atoms with Crippen molar-refractivity contribution in [1.29, 1.82) is 10.5 Å². The van der Waals surface area contributed by atoms with Crippen molar-refractivity contribution in [3.63, 3.8) is 0 Å². The van der Waals surface area contributed by atoms with Crippen LogP contribution in [-0.4, -0.2) is 12.6 Å². The minimum absolute atomic E-state index is 0.0414. The van der Waals surface area contributed by atoms with Crippen LogP contribution in [0, 0.1) is 34.0 Å². The van der Waals surface area contributed by atoms with E-state index >= 15 is 0 Å². The highest BCUT2D eigenvalue weighted by Gasteiger charge is 2.59. The Kier molecular flexibility index (Phi) is 5.26. The van der Waals surface area contributed by atoms with Gasteiger partial charge in [-0.2, -0.15) is 10.5 Å². The van der Waals surface area contributed by atoms with E-state index in [1.807, 2.05) is 18.2 Å². The fourth-order valence-corrected chi connectivity index (χ4v) is 4.57. The van der Waals surface area contributed by atoms with Gasteiger partial charge in [-0.3, -0.25) is 0 Å². The van der Waals surface area contributed by atoms with Crippen LogP contribution in [0.4, 0.5) is 0 Å². The maximum Gasteiger partial charge on any atom is 0.333 e. The van der Waals surface area contributed by atoms with Gasteiger partial charge in [-0.05, 0) is 49.3 Å². The van der Waals surface area contributed by atoms with E-state index in [9.17, 15) is 15.3 Å². The smallest absolute Gasteiger partial charge is 0.333 e. The van der Waals surface area contributed by atoms with Crippen LogP contribution in [0.25, 0.3) is 0 Å². The van der Waals surface area contributed by atoms with Crippen LogP contribution in [0.3, 0.4) is 0 Å². The lowest BCUT2D eigenvalue weighted by Gasteiger charge is -2.45. The SMILES string of the molecule is CCOC(=O)[C@]1(C#N)C(N)=C(C#N)C2=CCCC[C@H]2[C@@H]1c1ccccc1Cl. The summed E-state index contributed by atoms with van der Waals surface area (Å²) < 4.78 is 5.26. The first-order valence-corrected chi connectivity index (χ1v) is 9.34. The van der Waals surface area contributed by atoms with Crippen LogP contribution in [0.5, 0.6) is 0 Å². The molecule has 27 heavy (non-hydrogen) atoms. The summed E-state index contributed by atoms with van der Waals surface area (Å²) in [6.07, 6.45) is 4.47. The zero-order valence-electron chi connectivity index (χ0n) is 15.0. The van der Waals surface area contributed by atoms with Crippen molar-refractivity contribution < 1.29 is 9.53 Å². The number of hydrogen-bond acceptors (Lipinski definition) is 5. The first kappa shape index (κ1) is 19.0. The number of halogens is 1. The minimum Gasteiger partial charge on any atom is -0.464 e. The molecule has 0 unspecified atom stereocenters. The van der Waals surface area contributed by atoms with Crippen molar-refractivity contribution in [2.24, 2.45) is 17.1 Å². The molecule has 3 atom stereocenters. The second kappa shape index (κ2) is 7.47. The highest BCUT2D eigenvalue weighted by molar-refractivity contribution is 6.31. The topological polar surface area (TPSA) is 99.9 Å². The van der Waals surface area contributed by atoms with Gasteiger partial charge in [0.25, 0.3) is 0 Å². The fourth-order valence-electron chi connectivity index (χ4n) is 4.32. The predicted molar refractivity (Wildman–Crippen MR) is 101 cm³/mol. The van der Waals surface area contributed by atoms with Crippen LogP contribution in [0.1, 0.15) is 37.7 Å². The molecule has 6 heteroatoms. The Hall–Kier alpha value is -2.76. The highest BCUT2D eigenvalue weighted by atomic mass is 35.5. The highest BCUT2D eigenvalue weighted by Crippen LogP contribution is 2.57. The molecule has 0 bridgehead atoms. The summed E-state index contributed by atoms with van der Waals surface area (Å²) in [5.74, 6) is -1.55. The van der Waals surface area contributed by atoms with Gasteiger partial charge in [-0.1, -0.05) is 35.9 Å². The van der Waals surface area contributed by atoms with Gasteiger partial charge in [0.05, 0.1) is 23.9 Å². The fraction of sp³-hybridized carbons (Fsp3) is 0.381. The number of carbonyl (C=O) groups excluding carboxylic acids is 1. The number of ether oxygens (including phenoxy) is 1. The van der Waals surface area contributed by atoms with Gasteiger partial charge in [-0.15, -0.1) is 0 Å². The van der Waals surface area contributed by atoms with Crippen LogP contribution >= 0.6 is 11.6 Å². The van der Waals surface area contributed by atoms with E-state index in [0.29, 0.717) is 10.6 Å². The first-order valence-electron chi connectivity index (χ1n) is 8.96. The molecule has 0 heterocycles. The van der Waals surface area contributed by atoms with Crippen molar-refractivity contribution in [3.05, 3.63) is 57.8 Å². The molecule has 138 valence electrons. The summed E-state index contributed by atoms with van der Waals surface area (Å²) in [5.41, 5.74) is 6.22. The Morgan fingerprint density at radius 1 is 1.41 bits per heavy atom. The molecule has 0 amide bonds. The third kappa shape index (κ3) is 2.80. The summed E-state index contributed by atoms with van der Waals surface area (Å²) in [6, 6.07) is 11.4. The molecule has 5 nitrogen and oxygen atoms in total. The van der Waals surface area contributed by atoms with Crippen molar-refractivity contribution in [2.75, 3.05) is 6.61 Å². The molecule has 0 aliphatic heterocycles. The Labute approximate surface area is 163 Å². The molecule has 1 aromatic carbocycles. The van der Waals surface area contributed by atoms with E-state index in [0.717, 1.165) is 24.8 Å². The van der Waals surface area contributed by atoms with E-state index < -0.39 is 17.3 Å². The zero-order chi connectivity index (χ0) is 19.6. The standard InChI is InChI=1S/C21H20ClN3O2/c1-2-27-20(26)21(12-24)18(15-9-5-6-10-17(15)22)14-8-4-3-7-13(14)16(11-23)19(21)25/h5-7,9-10,14,18H,2-4,8,25H2,1H3/t14-,18-,21+/m1/s1. The molecular formula is C21H20ClN3O2. The lowest BCUT2D eigenvalue weighted by molar-refractivity contribution is -0.152. The third-order valence-corrected chi connectivity index (χ3v) is 5.80. The second-order valence-corrected chi connectivity index (χ2v) is 7.14. The Bertz CT molecular complexity index is 922. The third-order valence-electron chi connectivity index (χ3n) is 5.46. The van der Waals surface area contributed by atoms with Crippen molar-refractivity contribution in [1.82, 2.24) is 0 Å². The molecule has 2 aliphatic rings. The second-order valence-electron chi connectivity index (χ2n) is 6.74. The lowest BCUT2D eigenvalue weighted by Crippen LogP contribution is -2.49. The minimum atomic E-state index is -1.79. The molecule has 3 rings (SSSR count). The van der Waals surface area contributed by atoms with E-state index in [1.54, 1.807) is 19.1 Å². The van der Waals surface area contributed by atoms with Crippen LogP contribution in [0.2, 0.25) is 5.02 Å². The van der Waals surface area contributed by atoms with Crippen molar-refractivity contribution in [2.45, 2.75) is 32.1 Å². The maximum absolute atomic E-state index is 13.1. The number of nitrogens with two attached hydrogens (primary N) is 1. The summed E-state index contributed by atoms with van der Waals surface area (Å²) in [5, 5.41) is 20.4. The largest absolute Gasteiger partial charge is 0.464 e. The number of rotatable bonds is 3. The lowest BCUT2D eigenvalue weighted by atomic mass is 9.56. The average Bonchev–Trinajstić information content (AvgIpc) is 2.68. The predicted octanol–water partition coefficient (Wildman–Crippen LogP) is 3.97. The normalized spacial score (nSPS) is 27.0. The average molecular weight is 382 g/mol. The number of esters is 1. The van der Waals surface area contributed by atoms with Crippen LogP contribution < -0.4 is 5.73 Å². The Balaban J connectivity index is 2.38. The number of hydrogen-bond donors (Lipinski definition) is 1. The molecule has 2 N–H and O–H groups in total. The number of benzene rings is 1. The van der Waals surface area contributed by atoms with Gasteiger partial charge < -0.3 is 10.5 Å². The van der Waals surface area contributed by atoms with Crippen LogP contribution in [0.15, 0.2) is 47.2 Å². The van der Waals surface area contributed by atoms with Gasteiger partial charge in [0.2, 0.25) is 5.41 Å². The van der Waals surface area contributed by atoms with Gasteiger partial charge >= 0.3 is 5.97 Å². The molecule has 0 saturated carbocycles. The summed E-state index contributed by atoms with van der Waals surface area (Å²) in [7, 11) is 0. The van der Waals surface area contributed by atoms with Crippen LogP contribution in [-0.2, 0) is 9.53 Å². The number of carbonyl (C=O) groups is 1. The van der Waals surface area contributed by atoms with E-state index in [2.05, 4.69) is 12.1 Å². The molecule has 0 saturated heterocycles. The van der Waals surface area contributed by atoms with Gasteiger partial charge in [0.15, 0.2) is 0 Å². The number of nitriles is 2. The van der Waals surface area contributed by atoms with Crippen molar-refractivity contribution >= 4 is 17.6 Å². The zero-order valence-corrected chi connectivity index (χ0v) is 15.8. The maximum atomic E-state index is 13.1. The monoisotopic (exact) mass is 381 g/mol. The van der Waals surface area contributed by atoms with E-state index in [1.165, 1.54) is 0 Å². The number of fused-ring (bicyclic) bond motifs is 1. The number of nitrogens with zero attached hydrogens (tertiary/aromatic N) is 2. The van der Waals surface area contributed by atoms with E-state index in [-0.39, 0.29) is 23.8 Å². The molecular weight excluding hydrogens is 362 g/mol. The Morgan fingerprint density at radius 2 is 2.15 bits per heavy atom. The molecule has 1 aromatic rings. The quantitative estimate of drug-likeness (QED) is 0.798. The number of allylic oxidation sites excluding steroid dienone is 3. The summed E-state index contributed by atoms with van der Waals surface area (Å²) in [6.45, 7) is 1.79.